The first kappa shape index (κ1) is 22.0. The van der Waals surface area contributed by atoms with Crippen molar-refractivity contribution in [3.63, 3.8) is 0 Å². The molecule has 0 atom stereocenters. The third-order valence-electron chi connectivity index (χ3n) is 5.86. The van der Waals surface area contributed by atoms with Crippen LogP contribution >= 0.6 is 23.1 Å². The molecule has 0 unspecified atom stereocenters. The van der Waals surface area contributed by atoms with Crippen LogP contribution in [0, 0.1) is 12.8 Å². The molecule has 0 spiro atoms. The van der Waals surface area contributed by atoms with Gasteiger partial charge in [0.2, 0.25) is 5.91 Å². The summed E-state index contributed by atoms with van der Waals surface area (Å²) < 4.78 is 2.03. The number of hydrogen-bond donors (Lipinski definition) is 1. The van der Waals surface area contributed by atoms with Gasteiger partial charge in [-0.25, -0.2) is 4.98 Å². The van der Waals surface area contributed by atoms with E-state index in [2.05, 4.69) is 39.6 Å². The van der Waals surface area contributed by atoms with Crippen molar-refractivity contribution in [2.45, 2.75) is 57.0 Å². The second kappa shape index (κ2) is 10.4. The maximum absolute atomic E-state index is 12.4. The molecule has 1 amide bonds. The summed E-state index contributed by atoms with van der Waals surface area (Å²) >= 11 is 2.86. The number of amides is 1. The zero-order valence-corrected chi connectivity index (χ0v) is 19.8. The van der Waals surface area contributed by atoms with Gasteiger partial charge in [0.1, 0.15) is 5.82 Å². The number of nitrogens with zero attached hydrogens (tertiary/aromatic N) is 4. The van der Waals surface area contributed by atoms with Crippen LogP contribution in [0.15, 0.2) is 34.8 Å². The number of aromatic nitrogens is 4. The molecule has 0 radical (unpaired) electrons. The molecule has 2 heterocycles. The molecule has 1 saturated carbocycles. The second-order valence-electron chi connectivity index (χ2n) is 8.24. The summed E-state index contributed by atoms with van der Waals surface area (Å²) in [5, 5.41) is 14.9. The first-order valence-electron chi connectivity index (χ1n) is 10.9. The molecule has 8 heteroatoms. The largest absolute Gasteiger partial charge is 0.309 e. The van der Waals surface area contributed by atoms with Crippen molar-refractivity contribution >= 4 is 34.1 Å². The molecule has 1 aromatic carbocycles. The molecule has 164 valence electrons. The van der Waals surface area contributed by atoms with E-state index < -0.39 is 0 Å². The van der Waals surface area contributed by atoms with Gasteiger partial charge in [0.25, 0.3) is 0 Å². The molecular formula is C23H29N5OS2. The third-order valence-corrected chi connectivity index (χ3v) is 7.63. The van der Waals surface area contributed by atoms with E-state index in [0.29, 0.717) is 5.13 Å². The van der Waals surface area contributed by atoms with Crippen LogP contribution in [0.5, 0.6) is 0 Å². The summed E-state index contributed by atoms with van der Waals surface area (Å²) in [4.78, 5) is 16.9. The topological polar surface area (TPSA) is 72.7 Å². The molecule has 0 saturated heterocycles. The first-order valence-corrected chi connectivity index (χ1v) is 12.8. The van der Waals surface area contributed by atoms with Crippen LogP contribution in [0.2, 0.25) is 0 Å². The fourth-order valence-electron chi connectivity index (χ4n) is 3.97. The lowest BCUT2D eigenvalue weighted by atomic mass is 9.86. The monoisotopic (exact) mass is 455 g/mol. The Balaban J connectivity index is 1.26. The van der Waals surface area contributed by atoms with Crippen LogP contribution in [-0.4, -0.2) is 31.4 Å². The molecule has 1 N–H and O–H groups in total. The Morgan fingerprint density at radius 1 is 1.19 bits per heavy atom. The molecule has 2 aromatic heterocycles. The summed E-state index contributed by atoms with van der Waals surface area (Å²) in [6.45, 7) is 2.06. The minimum absolute atomic E-state index is 0.0819. The molecule has 1 aliphatic rings. The highest BCUT2D eigenvalue weighted by Gasteiger charge is 2.17. The smallest absolute Gasteiger partial charge is 0.236 e. The molecule has 1 aliphatic carbocycles. The lowest BCUT2D eigenvalue weighted by molar-refractivity contribution is -0.113. The zero-order valence-electron chi connectivity index (χ0n) is 18.1. The van der Waals surface area contributed by atoms with Gasteiger partial charge < -0.3 is 9.88 Å². The number of benzene rings is 1. The number of rotatable bonds is 8. The molecule has 1 fully saturated rings. The van der Waals surface area contributed by atoms with E-state index in [1.807, 2.05) is 29.1 Å². The van der Waals surface area contributed by atoms with E-state index >= 15 is 0 Å². The Labute approximate surface area is 191 Å². The Kier molecular flexibility index (Phi) is 7.40. The molecule has 0 aliphatic heterocycles. The van der Waals surface area contributed by atoms with Crippen molar-refractivity contribution in [2.24, 2.45) is 13.0 Å². The Hall–Kier alpha value is -2.19. The van der Waals surface area contributed by atoms with Crippen LogP contribution in [0.25, 0.3) is 11.3 Å². The fraction of sp³-hybridized carbons (Fsp3) is 0.478. The highest BCUT2D eigenvalue weighted by Crippen LogP contribution is 2.28. The zero-order chi connectivity index (χ0) is 21.6. The van der Waals surface area contributed by atoms with E-state index in [1.165, 1.54) is 67.2 Å². The average Bonchev–Trinajstić information content (AvgIpc) is 3.38. The number of nitrogens with one attached hydrogen (secondary N) is 1. The molecule has 6 nitrogen and oxygen atoms in total. The van der Waals surface area contributed by atoms with Gasteiger partial charge in [-0.3, -0.25) is 4.79 Å². The van der Waals surface area contributed by atoms with Gasteiger partial charge in [-0.05, 0) is 19.3 Å². The van der Waals surface area contributed by atoms with Crippen LogP contribution in [0.4, 0.5) is 5.13 Å². The minimum atomic E-state index is -0.0819. The quantitative estimate of drug-likeness (QED) is 0.455. The fourth-order valence-corrected chi connectivity index (χ4v) is 5.44. The van der Waals surface area contributed by atoms with Crippen LogP contribution in [-0.2, 0) is 18.3 Å². The SMILES string of the molecule is Cc1ccc(-c2csc(NC(=O)CSc3nnc(CCC4CCCCC4)n3C)n2)cc1. The van der Waals surface area contributed by atoms with Crippen molar-refractivity contribution in [2.75, 3.05) is 11.1 Å². The normalized spacial score (nSPS) is 14.6. The van der Waals surface area contributed by atoms with Crippen molar-refractivity contribution in [1.29, 1.82) is 0 Å². The maximum Gasteiger partial charge on any atom is 0.236 e. The molecular weight excluding hydrogens is 426 g/mol. The van der Waals surface area contributed by atoms with Crippen LogP contribution < -0.4 is 5.32 Å². The Morgan fingerprint density at radius 2 is 1.97 bits per heavy atom. The van der Waals surface area contributed by atoms with Gasteiger partial charge in [-0.15, -0.1) is 21.5 Å². The average molecular weight is 456 g/mol. The second-order valence-corrected chi connectivity index (χ2v) is 10.0. The van der Waals surface area contributed by atoms with Gasteiger partial charge in [0.05, 0.1) is 11.4 Å². The van der Waals surface area contributed by atoms with Gasteiger partial charge in [0, 0.05) is 24.4 Å². The van der Waals surface area contributed by atoms with E-state index in [9.17, 15) is 4.79 Å². The molecule has 31 heavy (non-hydrogen) atoms. The first-order chi connectivity index (χ1) is 15.1. The van der Waals surface area contributed by atoms with E-state index in [0.717, 1.165) is 34.6 Å². The molecule has 4 rings (SSSR count). The number of carbonyl (C=O) groups is 1. The number of carbonyl (C=O) groups excluding carboxylic acids is 1. The van der Waals surface area contributed by atoms with Gasteiger partial charge in [0.15, 0.2) is 10.3 Å². The van der Waals surface area contributed by atoms with Gasteiger partial charge >= 0.3 is 0 Å². The number of hydrogen-bond acceptors (Lipinski definition) is 6. The Bertz CT molecular complexity index is 1010. The predicted octanol–water partition coefficient (Wildman–Crippen LogP) is 5.49. The standard InChI is InChI=1S/C23H29N5OS2/c1-16-8-11-18(12-9-16)19-14-30-22(24-19)25-21(29)15-31-23-27-26-20(28(23)2)13-10-17-6-4-3-5-7-17/h8-9,11-12,14,17H,3-7,10,13,15H2,1-2H3,(H,24,25,29). The van der Waals surface area contributed by atoms with E-state index in [1.54, 1.807) is 0 Å². The van der Waals surface area contributed by atoms with Crippen molar-refractivity contribution in [3.05, 3.63) is 41.0 Å². The predicted molar refractivity (Wildman–Crippen MR) is 128 cm³/mol. The summed E-state index contributed by atoms with van der Waals surface area (Å²) in [5.74, 6) is 2.04. The highest BCUT2D eigenvalue weighted by molar-refractivity contribution is 7.99. The van der Waals surface area contributed by atoms with Gasteiger partial charge in [-0.1, -0.05) is 73.7 Å². The highest BCUT2D eigenvalue weighted by atomic mass is 32.2. The number of thioether (sulfide) groups is 1. The van der Waals surface area contributed by atoms with Crippen molar-refractivity contribution in [1.82, 2.24) is 19.7 Å². The summed E-state index contributed by atoms with van der Waals surface area (Å²) in [6.07, 6.45) is 8.96. The van der Waals surface area contributed by atoms with E-state index in [4.69, 9.17) is 0 Å². The van der Waals surface area contributed by atoms with E-state index in [-0.39, 0.29) is 11.7 Å². The summed E-state index contributed by atoms with van der Waals surface area (Å²) in [6, 6.07) is 8.22. The summed E-state index contributed by atoms with van der Waals surface area (Å²) in [7, 11) is 1.99. The lowest BCUT2D eigenvalue weighted by Gasteiger charge is -2.20. The van der Waals surface area contributed by atoms with Crippen LogP contribution in [0.3, 0.4) is 0 Å². The third kappa shape index (κ3) is 5.95. The number of anilines is 1. The minimum Gasteiger partial charge on any atom is -0.309 e. The van der Waals surface area contributed by atoms with Gasteiger partial charge in [-0.2, -0.15) is 0 Å². The molecule has 3 aromatic rings. The summed E-state index contributed by atoms with van der Waals surface area (Å²) in [5.41, 5.74) is 3.14. The van der Waals surface area contributed by atoms with Crippen LogP contribution in [0.1, 0.15) is 49.9 Å². The lowest BCUT2D eigenvalue weighted by Crippen LogP contribution is -2.14. The number of thiazole rings is 1. The molecule has 0 bridgehead atoms. The van der Waals surface area contributed by atoms with Crippen molar-refractivity contribution in [3.8, 4) is 11.3 Å². The maximum atomic E-state index is 12.4. The van der Waals surface area contributed by atoms with Crippen molar-refractivity contribution < 1.29 is 4.79 Å². The number of aryl methyl sites for hydroxylation is 2. The Morgan fingerprint density at radius 3 is 2.74 bits per heavy atom.